The van der Waals surface area contributed by atoms with Gasteiger partial charge in [-0.1, -0.05) is 33.8 Å². The van der Waals surface area contributed by atoms with Crippen LogP contribution in [0, 0.1) is 5.92 Å². The molecule has 0 aliphatic carbocycles. The third kappa shape index (κ3) is 4.70. The molecule has 0 saturated heterocycles. The van der Waals surface area contributed by atoms with Crippen LogP contribution in [0.25, 0.3) is 5.57 Å². The largest absolute Gasteiger partial charge is 0.427 e. The number of rotatable bonds is 7. The molecule has 1 heterocycles. The zero-order valence-corrected chi connectivity index (χ0v) is 12.7. The number of allylic oxidation sites excluding steroid dienone is 1. The minimum absolute atomic E-state index is 0.227. The first-order chi connectivity index (χ1) is 8.95. The Morgan fingerprint density at radius 2 is 2.05 bits per heavy atom. The molecule has 1 aromatic heterocycles. The maximum absolute atomic E-state index is 11.7. The molecule has 0 saturated carbocycles. The monoisotopic (exact) mass is 262 g/mol. The SMILES string of the molecule is C=C(C)c1c(CCCC)cc(=O)oc1CCC(C)C. The molecule has 0 N–H and O–H groups in total. The first kappa shape index (κ1) is 15.7. The van der Waals surface area contributed by atoms with Crippen molar-refractivity contribution in [2.24, 2.45) is 5.92 Å². The summed E-state index contributed by atoms with van der Waals surface area (Å²) in [5.74, 6) is 1.42. The molecule has 0 fully saturated rings. The Hall–Kier alpha value is -1.31. The standard InChI is InChI=1S/C17H26O2/c1-6-7-8-14-11-16(18)19-15(10-9-12(2)3)17(14)13(4)5/h11-12H,4,6-10H2,1-3,5H3. The minimum atomic E-state index is -0.227. The van der Waals surface area contributed by atoms with Gasteiger partial charge in [0.25, 0.3) is 0 Å². The van der Waals surface area contributed by atoms with Crippen LogP contribution in [0.15, 0.2) is 21.9 Å². The van der Waals surface area contributed by atoms with Crippen molar-refractivity contribution in [2.75, 3.05) is 0 Å². The molecule has 1 aromatic rings. The molecule has 1 rings (SSSR count). The number of unbranched alkanes of at least 4 members (excludes halogenated alkanes) is 1. The third-order valence-electron chi connectivity index (χ3n) is 3.29. The maximum atomic E-state index is 11.7. The van der Waals surface area contributed by atoms with Gasteiger partial charge in [0.1, 0.15) is 5.76 Å². The maximum Gasteiger partial charge on any atom is 0.336 e. The lowest BCUT2D eigenvalue weighted by molar-refractivity contribution is 0.433. The van der Waals surface area contributed by atoms with Crippen molar-refractivity contribution in [2.45, 2.75) is 59.8 Å². The van der Waals surface area contributed by atoms with Gasteiger partial charge in [-0.05, 0) is 43.2 Å². The molecule has 19 heavy (non-hydrogen) atoms. The van der Waals surface area contributed by atoms with Crippen LogP contribution in [0.1, 0.15) is 63.8 Å². The Labute approximate surface area is 116 Å². The zero-order valence-electron chi connectivity index (χ0n) is 12.7. The van der Waals surface area contributed by atoms with E-state index in [1.165, 1.54) is 0 Å². The van der Waals surface area contributed by atoms with Crippen LogP contribution in [-0.4, -0.2) is 0 Å². The van der Waals surface area contributed by atoms with Crippen molar-refractivity contribution in [1.82, 2.24) is 0 Å². The van der Waals surface area contributed by atoms with Crippen molar-refractivity contribution in [1.29, 1.82) is 0 Å². The van der Waals surface area contributed by atoms with Gasteiger partial charge in [-0.25, -0.2) is 4.79 Å². The summed E-state index contributed by atoms with van der Waals surface area (Å²) in [4.78, 5) is 11.7. The average Bonchev–Trinajstić information content (AvgIpc) is 2.32. The van der Waals surface area contributed by atoms with Gasteiger partial charge in [-0.2, -0.15) is 0 Å². The summed E-state index contributed by atoms with van der Waals surface area (Å²) < 4.78 is 5.42. The highest BCUT2D eigenvalue weighted by Gasteiger charge is 2.13. The predicted octanol–water partition coefficient (Wildman–Crippen LogP) is 4.60. The normalized spacial score (nSPS) is 11.0. The molecule has 0 amide bonds. The van der Waals surface area contributed by atoms with E-state index in [1.807, 2.05) is 6.92 Å². The fraction of sp³-hybridized carbons (Fsp3) is 0.588. The van der Waals surface area contributed by atoms with Crippen LogP contribution in [-0.2, 0) is 12.8 Å². The smallest absolute Gasteiger partial charge is 0.336 e. The van der Waals surface area contributed by atoms with Crippen molar-refractivity contribution in [3.05, 3.63) is 40.0 Å². The van der Waals surface area contributed by atoms with Gasteiger partial charge in [-0.3, -0.25) is 0 Å². The molecule has 0 unspecified atom stereocenters. The van der Waals surface area contributed by atoms with Gasteiger partial charge in [0, 0.05) is 18.1 Å². The fourth-order valence-electron chi connectivity index (χ4n) is 2.27. The summed E-state index contributed by atoms with van der Waals surface area (Å²) in [7, 11) is 0. The molecule has 0 aliphatic rings. The zero-order chi connectivity index (χ0) is 14.4. The molecule has 0 aliphatic heterocycles. The van der Waals surface area contributed by atoms with E-state index in [2.05, 4.69) is 27.4 Å². The summed E-state index contributed by atoms with van der Waals surface area (Å²) >= 11 is 0. The third-order valence-corrected chi connectivity index (χ3v) is 3.29. The van der Waals surface area contributed by atoms with E-state index in [-0.39, 0.29) is 5.63 Å². The predicted molar refractivity (Wildman–Crippen MR) is 81.5 cm³/mol. The van der Waals surface area contributed by atoms with Crippen LogP contribution in [0.4, 0.5) is 0 Å². The second-order valence-electron chi connectivity index (χ2n) is 5.71. The summed E-state index contributed by atoms with van der Waals surface area (Å²) in [5, 5.41) is 0. The summed E-state index contributed by atoms with van der Waals surface area (Å²) in [6.45, 7) is 12.6. The van der Waals surface area contributed by atoms with Gasteiger partial charge >= 0.3 is 5.63 Å². The van der Waals surface area contributed by atoms with E-state index in [4.69, 9.17) is 4.42 Å². The molecule has 0 aromatic carbocycles. The highest BCUT2D eigenvalue weighted by molar-refractivity contribution is 5.66. The quantitative estimate of drug-likeness (QED) is 0.718. The second kappa shape index (κ2) is 7.32. The fourth-order valence-corrected chi connectivity index (χ4v) is 2.27. The van der Waals surface area contributed by atoms with Crippen LogP contribution < -0.4 is 5.63 Å². The Balaban J connectivity index is 3.15. The summed E-state index contributed by atoms with van der Waals surface area (Å²) in [6.07, 6.45) is 4.99. The van der Waals surface area contributed by atoms with E-state index in [0.717, 1.165) is 54.6 Å². The lowest BCUT2D eigenvalue weighted by atomic mass is 9.94. The van der Waals surface area contributed by atoms with E-state index in [9.17, 15) is 4.79 Å². The molecule has 0 bridgehead atoms. The van der Waals surface area contributed by atoms with Crippen LogP contribution in [0.5, 0.6) is 0 Å². The molecular formula is C17H26O2. The van der Waals surface area contributed by atoms with Crippen molar-refractivity contribution < 1.29 is 4.42 Å². The molecular weight excluding hydrogens is 236 g/mol. The van der Waals surface area contributed by atoms with Gasteiger partial charge in [-0.15, -0.1) is 0 Å². The lowest BCUT2D eigenvalue weighted by Gasteiger charge is -2.14. The molecule has 106 valence electrons. The second-order valence-corrected chi connectivity index (χ2v) is 5.71. The Bertz CT molecular complexity index is 481. The van der Waals surface area contributed by atoms with Crippen molar-refractivity contribution >= 4 is 5.57 Å². The van der Waals surface area contributed by atoms with Crippen LogP contribution in [0.2, 0.25) is 0 Å². The number of hydrogen-bond acceptors (Lipinski definition) is 2. The molecule has 2 nitrogen and oxygen atoms in total. The first-order valence-electron chi connectivity index (χ1n) is 7.27. The first-order valence-corrected chi connectivity index (χ1v) is 7.27. The Kier molecular flexibility index (Phi) is 6.07. The van der Waals surface area contributed by atoms with E-state index >= 15 is 0 Å². The van der Waals surface area contributed by atoms with Crippen LogP contribution in [0.3, 0.4) is 0 Å². The molecule has 0 atom stereocenters. The van der Waals surface area contributed by atoms with Gasteiger partial charge in [0.05, 0.1) is 0 Å². The highest BCUT2D eigenvalue weighted by Crippen LogP contribution is 2.24. The summed E-state index contributed by atoms with van der Waals surface area (Å²) in [5.41, 5.74) is 2.95. The van der Waals surface area contributed by atoms with Gasteiger partial charge < -0.3 is 4.42 Å². The lowest BCUT2D eigenvalue weighted by Crippen LogP contribution is -2.09. The van der Waals surface area contributed by atoms with Gasteiger partial charge in [0.15, 0.2) is 0 Å². The van der Waals surface area contributed by atoms with Gasteiger partial charge in [0.2, 0.25) is 0 Å². The number of aryl methyl sites for hydroxylation is 2. The highest BCUT2D eigenvalue weighted by atomic mass is 16.4. The Morgan fingerprint density at radius 3 is 2.58 bits per heavy atom. The van der Waals surface area contributed by atoms with Crippen molar-refractivity contribution in [3.63, 3.8) is 0 Å². The molecule has 2 heteroatoms. The topological polar surface area (TPSA) is 30.2 Å². The van der Waals surface area contributed by atoms with E-state index in [0.29, 0.717) is 5.92 Å². The van der Waals surface area contributed by atoms with E-state index < -0.39 is 0 Å². The molecule has 0 radical (unpaired) electrons. The van der Waals surface area contributed by atoms with E-state index in [1.54, 1.807) is 6.07 Å². The minimum Gasteiger partial charge on any atom is -0.427 e. The molecule has 0 spiro atoms. The number of hydrogen-bond donors (Lipinski definition) is 0. The van der Waals surface area contributed by atoms with Crippen molar-refractivity contribution in [3.8, 4) is 0 Å². The Morgan fingerprint density at radius 1 is 1.37 bits per heavy atom. The average molecular weight is 262 g/mol. The van der Waals surface area contributed by atoms with Crippen LogP contribution >= 0.6 is 0 Å². The summed E-state index contributed by atoms with van der Waals surface area (Å²) in [6, 6.07) is 1.64.